The van der Waals surface area contributed by atoms with E-state index in [1.54, 1.807) is 19.1 Å². The molecule has 18 heavy (non-hydrogen) atoms. The Morgan fingerprint density at radius 1 is 1.56 bits per heavy atom. The lowest BCUT2D eigenvalue weighted by Crippen LogP contribution is -2.16. The molecule has 1 aromatic carbocycles. The summed E-state index contributed by atoms with van der Waals surface area (Å²) in [5.41, 5.74) is 1.03. The number of amides is 1. The molecule has 0 bridgehead atoms. The van der Waals surface area contributed by atoms with Crippen LogP contribution < -0.4 is 5.32 Å². The van der Waals surface area contributed by atoms with Crippen molar-refractivity contribution in [1.29, 1.82) is 0 Å². The average Bonchev–Trinajstić information content (AvgIpc) is 2.32. The second-order valence-corrected chi connectivity index (χ2v) is 5.57. The molecule has 1 atom stereocenters. The van der Waals surface area contributed by atoms with Crippen LogP contribution >= 0.6 is 11.8 Å². The van der Waals surface area contributed by atoms with Crippen LogP contribution in [0.5, 0.6) is 0 Å². The third kappa shape index (κ3) is 5.06. The predicted octanol–water partition coefficient (Wildman–Crippen LogP) is 2.58. The summed E-state index contributed by atoms with van der Waals surface area (Å²) in [6.07, 6.45) is 0.664. The van der Waals surface area contributed by atoms with Crippen LogP contribution in [0.25, 0.3) is 0 Å². The van der Waals surface area contributed by atoms with Gasteiger partial charge in [0, 0.05) is 17.5 Å². The van der Waals surface area contributed by atoms with Crippen LogP contribution in [0.15, 0.2) is 18.2 Å². The molecule has 3 nitrogen and oxygen atoms in total. The zero-order chi connectivity index (χ0) is 13.5. The number of thioether (sulfide) groups is 1. The molecule has 0 aliphatic carbocycles. The summed E-state index contributed by atoms with van der Waals surface area (Å²) < 4.78 is 13.3. The SMILES string of the molecule is Cc1ccc(NC(=O)CSC(C)CCO)cc1F. The minimum absolute atomic E-state index is 0.124. The molecular weight excluding hydrogens is 253 g/mol. The minimum atomic E-state index is -0.325. The molecule has 5 heteroatoms. The number of aliphatic hydroxyl groups is 1. The third-order valence-electron chi connectivity index (χ3n) is 2.49. The normalized spacial score (nSPS) is 12.2. The fourth-order valence-corrected chi connectivity index (χ4v) is 2.13. The molecule has 0 aromatic heterocycles. The van der Waals surface area contributed by atoms with Crippen molar-refractivity contribution in [1.82, 2.24) is 0 Å². The Labute approximate surface area is 111 Å². The summed E-state index contributed by atoms with van der Waals surface area (Å²) in [7, 11) is 0. The van der Waals surface area contributed by atoms with Gasteiger partial charge in [0.1, 0.15) is 5.82 Å². The van der Waals surface area contributed by atoms with E-state index >= 15 is 0 Å². The fourth-order valence-electron chi connectivity index (χ4n) is 1.35. The maximum Gasteiger partial charge on any atom is 0.234 e. The van der Waals surface area contributed by atoms with Crippen molar-refractivity contribution in [2.24, 2.45) is 0 Å². The van der Waals surface area contributed by atoms with Crippen molar-refractivity contribution in [3.05, 3.63) is 29.6 Å². The Bertz CT molecular complexity index is 412. The third-order valence-corrected chi connectivity index (χ3v) is 3.72. The van der Waals surface area contributed by atoms with E-state index in [-0.39, 0.29) is 23.6 Å². The molecule has 0 aliphatic heterocycles. The predicted molar refractivity (Wildman–Crippen MR) is 73.4 cm³/mol. The summed E-state index contributed by atoms with van der Waals surface area (Å²) in [6, 6.07) is 4.62. The summed E-state index contributed by atoms with van der Waals surface area (Å²) >= 11 is 1.47. The first-order chi connectivity index (χ1) is 8.52. The van der Waals surface area contributed by atoms with Gasteiger partial charge in [-0.3, -0.25) is 4.79 Å². The number of carbonyl (C=O) groups excluding carboxylic acids is 1. The highest BCUT2D eigenvalue weighted by molar-refractivity contribution is 8.00. The van der Waals surface area contributed by atoms with E-state index in [4.69, 9.17) is 5.11 Å². The van der Waals surface area contributed by atoms with Gasteiger partial charge in [0.2, 0.25) is 5.91 Å². The zero-order valence-electron chi connectivity index (χ0n) is 10.6. The average molecular weight is 271 g/mol. The molecule has 0 spiro atoms. The number of halogens is 1. The molecule has 1 aromatic rings. The maximum atomic E-state index is 13.3. The van der Waals surface area contributed by atoms with Crippen LogP contribution in [-0.4, -0.2) is 28.6 Å². The molecule has 0 heterocycles. The van der Waals surface area contributed by atoms with E-state index in [1.165, 1.54) is 17.8 Å². The van der Waals surface area contributed by atoms with Crippen molar-refractivity contribution in [2.45, 2.75) is 25.5 Å². The molecule has 1 amide bonds. The molecule has 1 unspecified atom stereocenters. The Balaban J connectivity index is 2.42. The quantitative estimate of drug-likeness (QED) is 0.836. The molecule has 0 fully saturated rings. The van der Waals surface area contributed by atoms with Crippen LogP contribution in [-0.2, 0) is 4.79 Å². The zero-order valence-corrected chi connectivity index (χ0v) is 11.4. The van der Waals surface area contributed by atoms with Gasteiger partial charge in [0.25, 0.3) is 0 Å². The molecule has 0 saturated heterocycles. The van der Waals surface area contributed by atoms with Crippen LogP contribution in [0.1, 0.15) is 18.9 Å². The molecule has 100 valence electrons. The monoisotopic (exact) mass is 271 g/mol. The lowest BCUT2D eigenvalue weighted by atomic mass is 10.2. The van der Waals surface area contributed by atoms with E-state index in [1.807, 2.05) is 6.92 Å². The van der Waals surface area contributed by atoms with Crippen molar-refractivity contribution in [2.75, 3.05) is 17.7 Å². The number of nitrogens with one attached hydrogen (secondary N) is 1. The Morgan fingerprint density at radius 3 is 2.89 bits per heavy atom. The van der Waals surface area contributed by atoms with Crippen molar-refractivity contribution in [3.63, 3.8) is 0 Å². The van der Waals surface area contributed by atoms with Crippen LogP contribution in [0.3, 0.4) is 0 Å². The first-order valence-corrected chi connectivity index (χ1v) is 6.86. The van der Waals surface area contributed by atoms with Gasteiger partial charge >= 0.3 is 0 Å². The number of benzene rings is 1. The number of aliphatic hydroxyl groups excluding tert-OH is 1. The highest BCUT2D eigenvalue weighted by atomic mass is 32.2. The van der Waals surface area contributed by atoms with Crippen LogP contribution in [0.2, 0.25) is 0 Å². The minimum Gasteiger partial charge on any atom is -0.396 e. The second kappa shape index (κ2) is 7.38. The van der Waals surface area contributed by atoms with Crippen molar-refractivity contribution < 1.29 is 14.3 Å². The van der Waals surface area contributed by atoms with Gasteiger partial charge in [0.15, 0.2) is 0 Å². The number of hydrogen-bond acceptors (Lipinski definition) is 3. The van der Waals surface area contributed by atoms with Gasteiger partial charge in [-0.25, -0.2) is 4.39 Å². The Morgan fingerprint density at radius 2 is 2.28 bits per heavy atom. The van der Waals surface area contributed by atoms with Gasteiger partial charge in [-0.15, -0.1) is 11.8 Å². The van der Waals surface area contributed by atoms with Gasteiger partial charge in [-0.2, -0.15) is 0 Å². The van der Waals surface area contributed by atoms with E-state index in [2.05, 4.69) is 5.32 Å². The number of aryl methyl sites for hydroxylation is 1. The van der Waals surface area contributed by atoms with E-state index in [0.717, 1.165) is 0 Å². The van der Waals surface area contributed by atoms with E-state index in [0.29, 0.717) is 23.4 Å². The maximum absolute atomic E-state index is 13.3. The number of hydrogen-bond donors (Lipinski definition) is 2. The summed E-state index contributed by atoms with van der Waals surface area (Å²) in [6.45, 7) is 3.76. The molecule has 2 N–H and O–H groups in total. The highest BCUT2D eigenvalue weighted by Gasteiger charge is 2.08. The lowest BCUT2D eigenvalue weighted by Gasteiger charge is -2.10. The van der Waals surface area contributed by atoms with Gasteiger partial charge in [-0.05, 0) is 31.0 Å². The number of anilines is 1. The standard InChI is InChI=1S/C13H18FNO2S/c1-9-3-4-11(7-12(9)14)15-13(17)8-18-10(2)5-6-16/h3-4,7,10,16H,5-6,8H2,1-2H3,(H,15,17). The molecule has 0 radical (unpaired) electrons. The summed E-state index contributed by atoms with van der Waals surface area (Å²) in [4.78, 5) is 11.6. The van der Waals surface area contributed by atoms with Gasteiger partial charge < -0.3 is 10.4 Å². The second-order valence-electron chi connectivity index (χ2n) is 4.15. The van der Waals surface area contributed by atoms with Crippen molar-refractivity contribution in [3.8, 4) is 0 Å². The molecular formula is C13H18FNO2S. The highest BCUT2D eigenvalue weighted by Crippen LogP contribution is 2.16. The topological polar surface area (TPSA) is 49.3 Å². The lowest BCUT2D eigenvalue weighted by molar-refractivity contribution is -0.113. The number of rotatable bonds is 6. The Kier molecular flexibility index (Phi) is 6.15. The summed E-state index contributed by atoms with van der Waals surface area (Å²) in [5.74, 6) is -0.182. The number of carbonyl (C=O) groups is 1. The van der Waals surface area contributed by atoms with E-state index in [9.17, 15) is 9.18 Å². The molecule has 0 saturated carbocycles. The Hall–Kier alpha value is -1.07. The van der Waals surface area contributed by atoms with Gasteiger partial charge in [0.05, 0.1) is 5.75 Å². The fraction of sp³-hybridized carbons (Fsp3) is 0.462. The largest absolute Gasteiger partial charge is 0.396 e. The smallest absolute Gasteiger partial charge is 0.234 e. The van der Waals surface area contributed by atoms with E-state index < -0.39 is 0 Å². The van der Waals surface area contributed by atoms with Crippen LogP contribution in [0.4, 0.5) is 10.1 Å². The van der Waals surface area contributed by atoms with Gasteiger partial charge in [-0.1, -0.05) is 13.0 Å². The molecule has 1 rings (SSSR count). The summed E-state index contributed by atoms with van der Waals surface area (Å²) in [5, 5.41) is 11.6. The first kappa shape index (κ1) is 15.0. The first-order valence-electron chi connectivity index (χ1n) is 5.81. The van der Waals surface area contributed by atoms with Crippen LogP contribution in [0, 0.1) is 12.7 Å². The molecule has 0 aliphatic rings. The van der Waals surface area contributed by atoms with Crippen molar-refractivity contribution >= 4 is 23.4 Å².